The Morgan fingerprint density at radius 2 is 1.62 bits per heavy atom. The standard InChI is InChI=1S/C16H13ClO6S/c1-10(18)22-13-6-7-15(23-11(2)19)16(9-13)24(20,21)14-5-3-4-12(17)8-14/h3-9H,1-2H3. The summed E-state index contributed by atoms with van der Waals surface area (Å²) in [5, 5.41) is 0.237. The van der Waals surface area contributed by atoms with Crippen LogP contribution in [0.5, 0.6) is 11.5 Å². The average Bonchev–Trinajstić information content (AvgIpc) is 2.47. The van der Waals surface area contributed by atoms with Gasteiger partial charge in [0.15, 0.2) is 0 Å². The Kier molecular flexibility index (Phi) is 5.26. The molecule has 0 amide bonds. The van der Waals surface area contributed by atoms with E-state index in [-0.39, 0.29) is 26.3 Å². The molecule has 0 aliphatic heterocycles. The molecule has 0 aromatic heterocycles. The number of rotatable bonds is 4. The van der Waals surface area contributed by atoms with Crippen LogP contribution in [-0.4, -0.2) is 20.4 Å². The molecule has 2 rings (SSSR count). The van der Waals surface area contributed by atoms with Crippen LogP contribution < -0.4 is 9.47 Å². The summed E-state index contributed by atoms with van der Waals surface area (Å²) < 4.78 is 35.5. The Bertz CT molecular complexity index is 905. The summed E-state index contributed by atoms with van der Waals surface area (Å²) >= 11 is 5.84. The van der Waals surface area contributed by atoms with Crippen molar-refractivity contribution in [3.63, 3.8) is 0 Å². The van der Waals surface area contributed by atoms with E-state index in [9.17, 15) is 18.0 Å². The van der Waals surface area contributed by atoms with Crippen LogP contribution >= 0.6 is 11.6 Å². The molecule has 126 valence electrons. The summed E-state index contributed by atoms with van der Waals surface area (Å²) in [5.41, 5.74) is 0. The number of halogens is 1. The van der Waals surface area contributed by atoms with Gasteiger partial charge in [-0.3, -0.25) is 9.59 Å². The number of hydrogen-bond acceptors (Lipinski definition) is 6. The van der Waals surface area contributed by atoms with Crippen LogP contribution in [0, 0.1) is 0 Å². The van der Waals surface area contributed by atoms with E-state index in [2.05, 4.69) is 0 Å². The molecule has 0 aliphatic carbocycles. The van der Waals surface area contributed by atoms with E-state index >= 15 is 0 Å². The highest BCUT2D eigenvalue weighted by molar-refractivity contribution is 7.91. The second kappa shape index (κ2) is 7.02. The van der Waals surface area contributed by atoms with E-state index in [1.165, 1.54) is 43.3 Å². The molecule has 0 atom stereocenters. The van der Waals surface area contributed by atoms with Crippen molar-refractivity contribution in [1.29, 1.82) is 0 Å². The van der Waals surface area contributed by atoms with E-state index in [1.807, 2.05) is 0 Å². The lowest BCUT2D eigenvalue weighted by Crippen LogP contribution is -2.10. The van der Waals surface area contributed by atoms with E-state index in [4.69, 9.17) is 21.1 Å². The molecule has 0 saturated heterocycles. The molecule has 24 heavy (non-hydrogen) atoms. The lowest BCUT2D eigenvalue weighted by atomic mass is 10.3. The van der Waals surface area contributed by atoms with E-state index in [0.29, 0.717) is 0 Å². The van der Waals surface area contributed by atoms with Gasteiger partial charge >= 0.3 is 11.9 Å². The minimum Gasteiger partial charge on any atom is -0.427 e. The molecule has 0 unspecified atom stereocenters. The summed E-state index contributed by atoms with van der Waals surface area (Å²) in [7, 11) is -4.05. The van der Waals surface area contributed by atoms with Crippen LogP contribution in [0.4, 0.5) is 0 Å². The van der Waals surface area contributed by atoms with Gasteiger partial charge in [0.25, 0.3) is 0 Å². The zero-order valence-electron chi connectivity index (χ0n) is 12.8. The lowest BCUT2D eigenvalue weighted by Gasteiger charge is -2.12. The van der Waals surface area contributed by atoms with Gasteiger partial charge in [-0.15, -0.1) is 0 Å². The molecule has 0 spiro atoms. The van der Waals surface area contributed by atoms with E-state index < -0.39 is 21.8 Å². The van der Waals surface area contributed by atoms with Crippen LogP contribution in [0.1, 0.15) is 13.8 Å². The molecular formula is C16H13ClO6S. The smallest absolute Gasteiger partial charge is 0.308 e. The molecule has 0 heterocycles. The number of ether oxygens (including phenoxy) is 2. The van der Waals surface area contributed by atoms with E-state index in [0.717, 1.165) is 13.0 Å². The summed E-state index contributed by atoms with van der Waals surface area (Å²) in [6.07, 6.45) is 0. The van der Waals surface area contributed by atoms with Crippen LogP contribution in [-0.2, 0) is 19.4 Å². The predicted molar refractivity (Wildman–Crippen MR) is 86.0 cm³/mol. The Hall–Kier alpha value is -2.38. The minimum atomic E-state index is -4.05. The first-order valence-electron chi connectivity index (χ1n) is 6.71. The Morgan fingerprint density at radius 1 is 0.958 bits per heavy atom. The second-order valence-electron chi connectivity index (χ2n) is 4.76. The zero-order valence-corrected chi connectivity index (χ0v) is 14.3. The van der Waals surface area contributed by atoms with Gasteiger partial charge < -0.3 is 9.47 Å². The van der Waals surface area contributed by atoms with Gasteiger partial charge in [0.1, 0.15) is 16.4 Å². The maximum atomic E-state index is 12.8. The first kappa shape index (κ1) is 18.0. The third-order valence-corrected chi connectivity index (χ3v) is 4.83. The van der Waals surface area contributed by atoms with Gasteiger partial charge in [-0.05, 0) is 30.3 Å². The monoisotopic (exact) mass is 368 g/mol. The average molecular weight is 369 g/mol. The van der Waals surface area contributed by atoms with Gasteiger partial charge in [-0.1, -0.05) is 17.7 Å². The molecule has 0 fully saturated rings. The van der Waals surface area contributed by atoms with Gasteiger partial charge in [-0.2, -0.15) is 0 Å². The molecule has 0 aliphatic rings. The topological polar surface area (TPSA) is 86.7 Å². The van der Waals surface area contributed by atoms with Crippen molar-refractivity contribution in [2.75, 3.05) is 0 Å². The Morgan fingerprint density at radius 3 is 2.21 bits per heavy atom. The van der Waals surface area contributed by atoms with Crippen LogP contribution in [0.15, 0.2) is 52.3 Å². The maximum Gasteiger partial charge on any atom is 0.308 e. The summed E-state index contributed by atoms with van der Waals surface area (Å²) in [5.74, 6) is -1.45. The molecule has 2 aromatic rings. The summed E-state index contributed by atoms with van der Waals surface area (Å²) in [6, 6.07) is 9.34. The SMILES string of the molecule is CC(=O)Oc1ccc(OC(C)=O)c(S(=O)(=O)c2cccc(Cl)c2)c1. The molecule has 0 bridgehead atoms. The fourth-order valence-electron chi connectivity index (χ4n) is 1.93. The number of hydrogen-bond donors (Lipinski definition) is 0. The molecule has 0 N–H and O–H groups in total. The first-order valence-corrected chi connectivity index (χ1v) is 8.58. The fraction of sp³-hybridized carbons (Fsp3) is 0.125. The first-order chi connectivity index (χ1) is 11.2. The summed E-state index contributed by atoms with van der Waals surface area (Å²) in [4.78, 5) is 21.9. The molecule has 0 saturated carbocycles. The van der Waals surface area contributed by atoms with Crippen LogP contribution in [0.2, 0.25) is 5.02 Å². The number of esters is 2. The predicted octanol–water partition coefficient (Wildman–Crippen LogP) is 3.02. The van der Waals surface area contributed by atoms with Crippen LogP contribution in [0.3, 0.4) is 0 Å². The number of benzene rings is 2. The highest BCUT2D eigenvalue weighted by atomic mass is 35.5. The molecule has 8 heteroatoms. The minimum absolute atomic E-state index is 0.0130. The van der Waals surface area contributed by atoms with Crippen molar-refractivity contribution in [2.24, 2.45) is 0 Å². The van der Waals surface area contributed by atoms with Gasteiger partial charge in [-0.25, -0.2) is 8.42 Å². The lowest BCUT2D eigenvalue weighted by molar-refractivity contribution is -0.133. The van der Waals surface area contributed by atoms with Crippen molar-refractivity contribution < 1.29 is 27.5 Å². The number of carbonyl (C=O) groups is 2. The van der Waals surface area contributed by atoms with Crippen molar-refractivity contribution in [2.45, 2.75) is 23.6 Å². The second-order valence-corrected chi connectivity index (χ2v) is 7.11. The van der Waals surface area contributed by atoms with Crippen molar-refractivity contribution in [3.8, 4) is 11.5 Å². The van der Waals surface area contributed by atoms with Crippen molar-refractivity contribution >= 4 is 33.4 Å². The van der Waals surface area contributed by atoms with Gasteiger partial charge in [0.2, 0.25) is 9.84 Å². The fourth-order valence-corrected chi connectivity index (χ4v) is 3.62. The maximum absolute atomic E-state index is 12.8. The highest BCUT2D eigenvalue weighted by Crippen LogP contribution is 2.33. The normalized spacial score (nSPS) is 11.0. The van der Waals surface area contributed by atoms with Crippen molar-refractivity contribution in [3.05, 3.63) is 47.5 Å². The van der Waals surface area contributed by atoms with Gasteiger partial charge in [0.05, 0.1) is 4.90 Å². The van der Waals surface area contributed by atoms with Crippen molar-refractivity contribution in [1.82, 2.24) is 0 Å². The molecule has 0 radical (unpaired) electrons. The zero-order chi connectivity index (χ0) is 17.9. The van der Waals surface area contributed by atoms with Gasteiger partial charge in [0, 0.05) is 24.9 Å². The summed E-state index contributed by atoms with van der Waals surface area (Å²) in [6.45, 7) is 2.33. The largest absolute Gasteiger partial charge is 0.427 e. The third-order valence-electron chi connectivity index (χ3n) is 2.83. The third kappa shape index (κ3) is 4.12. The Balaban J connectivity index is 2.63. The molecular weight excluding hydrogens is 356 g/mol. The Labute approximate surface area is 143 Å². The molecule has 2 aromatic carbocycles. The molecule has 6 nitrogen and oxygen atoms in total. The van der Waals surface area contributed by atoms with E-state index in [1.54, 1.807) is 0 Å². The highest BCUT2D eigenvalue weighted by Gasteiger charge is 2.24. The number of sulfone groups is 1. The number of carbonyl (C=O) groups excluding carboxylic acids is 2. The quantitative estimate of drug-likeness (QED) is 0.609. The van der Waals surface area contributed by atoms with Crippen LogP contribution in [0.25, 0.3) is 0 Å².